The maximum absolute atomic E-state index is 12.5. The van der Waals surface area contributed by atoms with Crippen LogP contribution in [0.15, 0.2) is 24.4 Å². The van der Waals surface area contributed by atoms with Gasteiger partial charge in [-0.05, 0) is 12.1 Å². The molecule has 0 saturated carbocycles. The maximum atomic E-state index is 12.5. The molecular formula is C14H14N4O3. The van der Waals surface area contributed by atoms with Gasteiger partial charge >= 0.3 is 0 Å². The minimum Gasteiger partial charge on any atom is -0.496 e. The van der Waals surface area contributed by atoms with Crippen LogP contribution in [0.3, 0.4) is 0 Å². The van der Waals surface area contributed by atoms with E-state index in [9.17, 15) is 4.79 Å². The Morgan fingerprint density at radius 3 is 2.48 bits per heavy atom. The Morgan fingerprint density at radius 2 is 1.95 bits per heavy atom. The Labute approximate surface area is 121 Å². The number of aromatic nitrogens is 2. The van der Waals surface area contributed by atoms with E-state index in [0.29, 0.717) is 17.3 Å². The zero-order chi connectivity index (χ0) is 15.4. The van der Waals surface area contributed by atoms with Gasteiger partial charge in [-0.3, -0.25) is 9.48 Å². The van der Waals surface area contributed by atoms with E-state index < -0.39 is 5.91 Å². The monoisotopic (exact) mass is 286 g/mol. The molecule has 108 valence electrons. The second-order valence-electron chi connectivity index (χ2n) is 4.13. The first-order valence-electron chi connectivity index (χ1n) is 6.06. The summed E-state index contributed by atoms with van der Waals surface area (Å²) in [5, 5.41) is 15.6. The minimum absolute atomic E-state index is 0.257. The summed E-state index contributed by atoms with van der Waals surface area (Å²) >= 11 is 0. The van der Waals surface area contributed by atoms with Crippen molar-refractivity contribution in [2.45, 2.75) is 0 Å². The smallest absolute Gasteiger partial charge is 0.264 e. The highest BCUT2D eigenvalue weighted by atomic mass is 16.5. The summed E-state index contributed by atoms with van der Waals surface area (Å²) in [6.45, 7) is 0. The number of hydrogen-bond acceptors (Lipinski definition) is 5. The van der Waals surface area contributed by atoms with E-state index in [1.807, 2.05) is 6.07 Å². The average molecular weight is 286 g/mol. The van der Waals surface area contributed by atoms with Crippen LogP contribution in [-0.2, 0) is 7.05 Å². The highest BCUT2D eigenvalue weighted by Crippen LogP contribution is 2.29. The molecule has 0 bridgehead atoms. The van der Waals surface area contributed by atoms with Gasteiger partial charge in [0.2, 0.25) is 0 Å². The fourth-order valence-electron chi connectivity index (χ4n) is 1.91. The number of benzene rings is 1. The third kappa shape index (κ3) is 2.65. The number of amides is 1. The van der Waals surface area contributed by atoms with Gasteiger partial charge < -0.3 is 14.8 Å². The van der Waals surface area contributed by atoms with Crippen LogP contribution in [0.5, 0.6) is 11.5 Å². The Hall–Kier alpha value is -3.01. The molecule has 0 aliphatic heterocycles. The molecule has 21 heavy (non-hydrogen) atoms. The lowest BCUT2D eigenvalue weighted by Crippen LogP contribution is -2.17. The number of carbonyl (C=O) groups excluding carboxylic acids is 1. The van der Waals surface area contributed by atoms with Crippen LogP contribution in [0.2, 0.25) is 0 Å². The van der Waals surface area contributed by atoms with Crippen LogP contribution in [0, 0.1) is 11.3 Å². The number of anilines is 1. The highest BCUT2D eigenvalue weighted by Gasteiger charge is 2.20. The molecule has 1 N–H and O–H groups in total. The van der Waals surface area contributed by atoms with Gasteiger partial charge in [-0.2, -0.15) is 10.4 Å². The number of nitrogens with zero attached hydrogens (tertiary/aromatic N) is 3. The van der Waals surface area contributed by atoms with E-state index in [1.54, 1.807) is 25.2 Å². The van der Waals surface area contributed by atoms with Crippen LogP contribution < -0.4 is 14.8 Å². The van der Waals surface area contributed by atoms with E-state index >= 15 is 0 Å². The molecule has 0 spiro atoms. The van der Waals surface area contributed by atoms with Gasteiger partial charge in [-0.1, -0.05) is 6.07 Å². The molecule has 2 rings (SSSR count). The number of nitrogens with one attached hydrogen (secondary N) is 1. The number of nitriles is 1. The van der Waals surface area contributed by atoms with Gasteiger partial charge in [0.25, 0.3) is 5.91 Å². The molecule has 0 aliphatic rings. The summed E-state index contributed by atoms with van der Waals surface area (Å²) in [7, 11) is 4.57. The summed E-state index contributed by atoms with van der Waals surface area (Å²) in [6, 6.07) is 7.01. The van der Waals surface area contributed by atoms with Crippen LogP contribution in [0.1, 0.15) is 15.9 Å². The van der Waals surface area contributed by atoms with Crippen molar-refractivity contribution >= 4 is 11.7 Å². The fraction of sp³-hybridized carbons (Fsp3) is 0.214. The van der Waals surface area contributed by atoms with Gasteiger partial charge in [0.05, 0.1) is 20.4 Å². The zero-order valence-corrected chi connectivity index (χ0v) is 11.9. The van der Waals surface area contributed by atoms with Crippen molar-refractivity contribution in [2.24, 2.45) is 7.05 Å². The maximum Gasteiger partial charge on any atom is 0.264 e. The van der Waals surface area contributed by atoms with Gasteiger partial charge in [-0.25, -0.2) is 0 Å². The number of hydrogen-bond donors (Lipinski definition) is 1. The summed E-state index contributed by atoms with van der Waals surface area (Å²) in [5.41, 5.74) is 0.535. The number of aryl methyl sites for hydroxylation is 1. The predicted molar refractivity (Wildman–Crippen MR) is 75.4 cm³/mol. The van der Waals surface area contributed by atoms with Crippen molar-refractivity contribution in [3.05, 3.63) is 35.5 Å². The highest BCUT2D eigenvalue weighted by molar-refractivity contribution is 6.08. The largest absolute Gasteiger partial charge is 0.496 e. The molecule has 2 aromatic rings. The van der Waals surface area contributed by atoms with Gasteiger partial charge in [0.15, 0.2) is 0 Å². The van der Waals surface area contributed by atoms with E-state index in [1.165, 1.54) is 25.1 Å². The molecule has 0 radical (unpaired) electrons. The molecular weight excluding hydrogens is 272 g/mol. The van der Waals surface area contributed by atoms with Crippen LogP contribution in [0.4, 0.5) is 5.82 Å². The lowest BCUT2D eigenvalue weighted by Gasteiger charge is -2.13. The second kappa shape index (κ2) is 5.96. The first-order chi connectivity index (χ1) is 10.1. The number of rotatable bonds is 4. The van der Waals surface area contributed by atoms with Crippen molar-refractivity contribution in [1.29, 1.82) is 5.26 Å². The summed E-state index contributed by atoms with van der Waals surface area (Å²) in [5.74, 6) is 0.639. The standard InChI is InChI=1S/C14H14N4O3/c1-18-13(9(7-15)8-16-18)17-14(19)12-10(20-2)5-4-6-11(12)21-3/h4-6,8H,1-3H3,(H,17,19). The molecule has 1 heterocycles. The van der Waals surface area contributed by atoms with Crippen molar-refractivity contribution in [3.8, 4) is 17.6 Å². The quantitative estimate of drug-likeness (QED) is 0.921. The van der Waals surface area contributed by atoms with Crippen LogP contribution in [-0.4, -0.2) is 29.9 Å². The molecule has 7 nitrogen and oxygen atoms in total. The van der Waals surface area contributed by atoms with E-state index in [-0.39, 0.29) is 11.1 Å². The van der Waals surface area contributed by atoms with Crippen molar-refractivity contribution < 1.29 is 14.3 Å². The Bertz CT molecular complexity index is 693. The first-order valence-corrected chi connectivity index (χ1v) is 6.06. The van der Waals surface area contributed by atoms with Crippen molar-refractivity contribution in [1.82, 2.24) is 9.78 Å². The third-order valence-corrected chi connectivity index (χ3v) is 2.95. The van der Waals surface area contributed by atoms with Gasteiger partial charge in [0, 0.05) is 7.05 Å². The van der Waals surface area contributed by atoms with E-state index in [0.717, 1.165) is 0 Å². The number of carbonyl (C=O) groups is 1. The lowest BCUT2D eigenvalue weighted by atomic mass is 10.1. The average Bonchev–Trinajstić information content (AvgIpc) is 2.86. The molecule has 1 aromatic carbocycles. The number of ether oxygens (including phenoxy) is 2. The molecule has 0 aliphatic carbocycles. The van der Waals surface area contributed by atoms with Crippen LogP contribution >= 0.6 is 0 Å². The van der Waals surface area contributed by atoms with E-state index in [2.05, 4.69) is 10.4 Å². The molecule has 0 atom stereocenters. The predicted octanol–water partition coefficient (Wildman–Crippen LogP) is 1.56. The molecule has 1 amide bonds. The van der Waals surface area contributed by atoms with E-state index in [4.69, 9.17) is 14.7 Å². The third-order valence-electron chi connectivity index (χ3n) is 2.95. The van der Waals surface area contributed by atoms with Gasteiger partial charge in [0.1, 0.15) is 34.5 Å². The second-order valence-corrected chi connectivity index (χ2v) is 4.13. The lowest BCUT2D eigenvalue weighted by molar-refractivity contribution is 0.102. The molecule has 7 heteroatoms. The molecule has 0 unspecified atom stereocenters. The zero-order valence-electron chi connectivity index (χ0n) is 11.9. The molecule has 0 fully saturated rings. The van der Waals surface area contributed by atoms with Crippen molar-refractivity contribution in [3.63, 3.8) is 0 Å². The van der Waals surface area contributed by atoms with Gasteiger partial charge in [-0.15, -0.1) is 0 Å². The number of methoxy groups -OCH3 is 2. The minimum atomic E-state index is -0.440. The summed E-state index contributed by atoms with van der Waals surface area (Å²) in [6.07, 6.45) is 1.38. The van der Waals surface area contributed by atoms with Crippen LogP contribution in [0.25, 0.3) is 0 Å². The topological polar surface area (TPSA) is 89.2 Å². The fourth-order valence-corrected chi connectivity index (χ4v) is 1.91. The molecule has 1 aromatic heterocycles. The molecule has 0 saturated heterocycles. The first kappa shape index (κ1) is 14.4. The SMILES string of the molecule is COc1cccc(OC)c1C(=O)Nc1c(C#N)cnn1C. The Kier molecular flexibility index (Phi) is 4.09. The Morgan fingerprint density at radius 1 is 1.33 bits per heavy atom. The normalized spacial score (nSPS) is 9.81. The summed E-state index contributed by atoms with van der Waals surface area (Å²) in [4.78, 5) is 12.5. The summed E-state index contributed by atoms with van der Waals surface area (Å²) < 4.78 is 11.8. The van der Waals surface area contributed by atoms with Crippen molar-refractivity contribution in [2.75, 3.05) is 19.5 Å². The Balaban J connectivity index is 2.42.